The standard InChI is InChI=1S/C15H22BrN3/c1-18-6-8-19(9-7-18)15-5-2-12(10-14(15)16)11-17-13-3-4-13/h2,5,10,13,17H,3-4,6-9,11H2,1H3. The van der Waals surface area contributed by atoms with E-state index in [0.717, 1.165) is 38.8 Å². The first-order chi connectivity index (χ1) is 9.22. The van der Waals surface area contributed by atoms with E-state index >= 15 is 0 Å². The first kappa shape index (κ1) is 13.4. The third-order valence-electron chi connectivity index (χ3n) is 4.03. The normalized spacial score (nSPS) is 20.8. The van der Waals surface area contributed by atoms with Crippen LogP contribution in [0.5, 0.6) is 0 Å². The van der Waals surface area contributed by atoms with Gasteiger partial charge in [-0.05, 0) is 53.5 Å². The second-order valence-electron chi connectivity index (χ2n) is 5.73. The van der Waals surface area contributed by atoms with Gasteiger partial charge in [0.25, 0.3) is 0 Å². The third-order valence-corrected chi connectivity index (χ3v) is 4.66. The molecule has 1 aliphatic heterocycles. The van der Waals surface area contributed by atoms with Crippen LogP contribution in [0.1, 0.15) is 18.4 Å². The van der Waals surface area contributed by atoms with E-state index in [4.69, 9.17) is 0 Å². The summed E-state index contributed by atoms with van der Waals surface area (Å²) in [6, 6.07) is 7.56. The van der Waals surface area contributed by atoms with Gasteiger partial charge in [0.05, 0.1) is 5.69 Å². The van der Waals surface area contributed by atoms with Crippen LogP contribution in [0.3, 0.4) is 0 Å². The van der Waals surface area contributed by atoms with Gasteiger partial charge in [0.1, 0.15) is 0 Å². The van der Waals surface area contributed by atoms with Gasteiger partial charge in [0.15, 0.2) is 0 Å². The van der Waals surface area contributed by atoms with Gasteiger partial charge in [-0.2, -0.15) is 0 Å². The average molecular weight is 324 g/mol. The Bertz CT molecular complexity index is 437. The highest BCUT2D eigenvalue weighted by Gasteiger charge is 2.20. The van der Waals surface area contributed by atoms with E-state index in [1.807, 2.05) is 0 Å². The van der Waals surface area contributed by atoms with Crippen molar-refractivity contribution in [1.82, 2.24) is 10.2 Å². The Morgan fingerprint density at radius 2 is 1.95 bits per heavy atom. The van der Waals surface area contributed by atoms with Gasteiger partial charge in [-0.15, -0.1) is 0 Å². The van der Waals surface area contributed by atoms with E-state index in [-0.39, 0.29) is 0 Å². The Morgan fingerprint density at radius 3 is 2.58 bits per heavy atom. The van der Waals surface area contributed by atoms with Gasteiger partial charge in [-0.25, -0.2) is 0 Å². The highest BCUT2D eigenvalue weighted by atomic mass is 79.9. The van der Waals surface area contributed by atoms with Crippen molar-refractivity contribution < 1.29 is 0 Å². The van der Waals surface area contributed by atoms with Crippen LogP contribution >= 0.6 is 15.9 Å². The van der Waals surface area contributed by atoms with Crippen molar-refractivity contribution in [1.29, 1.82) is 0 Å². The molecule has 19 heavy (non-hydrogen) atoms. The van der Waals surface area contributed by atoms with Crippen LogP contribution in [0.25, 0.3) is 0 Å². The number of nitrogens with zero attached hydrogens (tertiary/aromatic N) is 2. The number of rotatable bonds is 4. The maximum absolute atomic E-state index is 3.74. The van der Waals surface area contributed by atoms with E-state index in [0.29, 0.717) is 0 Å². The fourth-order valence-corrected chi connectivity index (χ4v) is 3.19. The minimum absolute atomic E-state index is 0.774. The smallest absolute Gasteiger partial charge is 0.0511 e. The highest BCUT2D eigenvalue weighted by Crippen LogP contribution is 2.28. The molecular weight excluding hydrogens is 302 g/mol. The molecule has 0 amide bonds. The Hall–Kier alpha value is -0.580. The molecule has 1 aliphatic carbocycles. The molecule has 2 aliphatic rings. The Morgan fingerprint density at radius 1 is 1.21 bits per heavy atom. The molecule has 3 nitrogen and oxygen atoms in total. The summed E-state index contributed by atoms with van der Waals surface area (Å²) in [6.07, 6.45) is 2.70. The quantitative estimate of drug-likeness (QED) is 0.918. The number of hydrogen-bond donors (Lipinski definition) is 1. The first-order valence-electron chi connectivity index (χ1n) is 7.18. The predicted octanol–water partition coefficient (Wildman–Crippen LogP) is 2.45. The average Bonchev–Trinajstić information content (AvgIpc) is 3.22. The number of benzene rings is 1. The molecule has 4 heteroatoms. The van der Waals surface area contributed by atoms with Gasteiger partial charge < -0.3 is 15.1 Å². The molecule has 2 fully saturated rings. The van der Waals surface area contributed by atoms with Crippen LogP contribution in [-0.2, 0) is 6.54 Å². The van der Waals surface area contributed by atoms with Gasteiger partial charge in [0.2, 0.25) is 0 Å². The van der Waals surface area contributed by atoms with E-state index < -0.39 is 0 Å². The second-order valence-corrected chi connectivity index (χ2v) is 6.59. The summed E-state index contributed by atoms with van der Waals surface area (Å²) in [5.41, 5.74) is 2.71. The molecule has 104 valence electrons. The van der Waals surface area contributed by atoms with Crippen molar-refractivity contribution in [2.24, 2.45) is 0 Å². The monoisotopic (exact) mass is 323 g/mol. The summed E-state index contributed by atoms with van der Waals surface area (Å²) in [5, 5.41) is 3.56. The lowest BCUT2D eigenvalue weighted by Gasteiger charge is -2.34. The van der Waals surface area contributed by atoms with E-state index in [2.05, 4.69) is 56.3 Å². The molecule has 1 saturated heterocycles. The zero-order valence-corrected chi connectivity index (χ0v) is 13.1. The summed E-state index contributed by atoms with van der Waals surface area (Å²) >= 11 is 3.74. The maximum atomic E-state index is 3.74. The highest BCUT2D eigenvalue weighted by molar-refractivity contribution is 9.10. The SMILES string of the molecule is CN1CCN(c2ccc(CNC3CC3)cc2Br)CC1. The molecule has 0 aromatic heterocycles. The van der Waals surface area contributed by atoms with Crippen molar-refractivity contribution >= 4 is 21.6 Å². The number of anilines is 1. The fraction of sp³-hybridized carbons (Fsp3) is 0.600. The van der Waals surface area contributed by atoms with Crippen LogP contribution in [0.15, 0.2) is 22.7 Å². The molecule has 1 N–H and O–H groups in total. The molecule has 1 aromatic carbocycles. The molecule has 1 heterocycles. The summed E-state index contributed by atoms with van der Waals surface area (Å²) in [4.78, 5) is 4.86. The molecule has 0 spiro atoms. The molecule has 0 atom stereocenters. The van der Waals surface area contributed by atoms with E-state index in [1.54, 1.807) is 0 Å². The molecule has 1 aromatic rings. The summed E-state index contributed by atoms with van der Waals surface area (Å²) in [6.45, 7) is 5.53. The van der Waals surface area contributed by atoms with Crippen molar-refractivity contribution in [3.05, 3.63) is 28.2 Å². The Kier molecular flexibility index (Phi) is 4.10. The topological polar surface area (TPSA) is 18.5 Å². The van der Waals surface area contributed by atoms with Gasteiger partial charge in [-0.3, -0.25) is 0 Å². The zero-order valence-electron chi connectivity index (χ0n) is 11.5. The van der Waals surface area contributed by atoms with Gasteiger partial charge >= 0.3 is 0 Å². The van der Waals surface area contributed by atoms with E-state index in [9.17, 15) is 0 Å². The summed E-state index contributed by atoms with van der Waals surface area (Å²) < 4.78 is 1.23. The van der Waals surface area contributed by atoms with Gasteiger partial charge in [-0.1, -0.05) is 6.07 Å². The lowest BCUT2D eigenvalue weighted by Crippen LogP contribution is -2.44. The van der Waals surface area contributed by atoms with Gasteiger partial charge in [0, 0.05) is 43.2 Å². The van der Waals surface area contributed by atoms with Crippen molar-refractivity contribution in [2.75, 3.05) is 38.1 Å². The Balaban J connectivity index is 1.64. The largest absolute Gasteiger partial charge is 0.368 e. The van der Waals surface area contributed by atoms with Crippen LogP contribution in [0, 0.1) is 0 Å². The summed E-state index contributed by atoms with van der Waals surface area (Å²) in [5.74, 6) is 0. The fourth-order valence-electron chi connectivity index (χ4n) is 2.51. The van der Waals surface area contributed by atoms with Crippen molar-refractivity contribution in [2.45, 2.75) is 25.4 Å². The third kappa shape index (κ3) is 3.50. The summed E-state index contributed by atoms with van der Waals surface area (Å²) in [7, 11) is 2.19. The van der Waals surface area contributed by atoms with Crippen molar-refractivity contribution in [3.8, 4) is 0 Å². The maximum Gasteiger partial charge on any atom is 0.0511 e. The van der Waals surface area contributed by atoms with Crippen molar-refractivity contribution in [3.63, 3.8) is 0 Å². The molecule has 3 rings (SSSR count). The molecule has 0 unspecified atom stereocenters. The molecule has 0 bridgehead atoms. The second kappa shape index (κ2) is 5.81. The van der Waals surface area contributed by atoms with Crippen LogP contribution in [0.2, 0.25) is 0 Å². The molecule has 0 radical (unpaired) electrons. The van der Waals surface area contributed by atoms with E-state index in [1.165, 1.54) is 28.6 Å². The first-order valence-corrected chi connectivity index (χ1v) is 7.97. The molecular formula is C15H22BrN3. The number of hydrogen-bond acceptors (Lipinski definition) is 3. The molecule has 1 saturated carbocycles. The number of piperazine rings is 1. The van der Waals surface area contributed by atoms with Crippen LogP contribution < -0.4 is 10.2 Å². The lowest BCUT2D eigenvalue weighted by molar-refractivity contribution is 0.312. The van der Waals surface area contributed by atoms with Crippen LogP contribution in [-0.4, -0.2) is 44.2 Å². The number of halogens is 1. The number of likely N-dealkylation sites (N-methyl/N-ethyl adjacent to an activating group) is 1. The Labute approximate surface area is 124 Å². The predicted molar refractivity (Wildman–Crippen MR) is 83.7 cm³/mol. The zero-order chi connectivity index (χ0) is 13.2. The number of nitrogens with one attached hydrogen (secondary N) is 1. The van der Waals surface area contributed by atoms with Crippen LogP contribution in [0.4, 0.5) is 5.69 Å². The lowest BCUT2D eigenvalue weighted by atomic mass is 10.1. The minimum atomic E-state index is 0.774. The minimum Gasteiger partial charge on any atom is -0.368 e.